The van der Waals surface area contributed by atoms with E-state index in [2.05, 4.69) is 11.2 Å². The molecule has 0 aliphatic carbocycles. The first-order chi connectivity index (χ1) is 2.00. The van der Waals surface area contributed by atoms with Gasteiger partial charge >= 0.3 is 88.7 Å². The van der Waals surface area contributed by atoms with Gasteiger partial charge in [-0.15, -0.1) is 9.05 Å². The van der Waals surface area contributed by atoms with Gasteiger partial charge in [0.05, 0.1) is 0 Å². The summed E-state index contributed by atoms with van der Waals surface area (Å²) in [4.78, 5) is 0. The first-order valence-corrected chi connectivity index (χ1v) is 3.00. The van der Waals surface area contributed by atoms with Gasteiger partial charge in [0.15, 0.2) is 0 Å². The Bertz CT molecular complexity index is 106. The standard InChI is InChI=1S/3Na.H2O3S2.5H2O.H/c;;;1-5(2,3)4;;;;;;/h;;;(H2,1,2,3,4);5*1H2;/q3*+1;;;;;;;-1/p-2. The van der Waals surface area contributed by atoms with Gasteiger partial charge in [0.25, 0.3) is 0 Å². The van der Waals surface area contributed by atoms with Crippen LogP contribution in [-0.4, -0.2) is 40.7 Å². The molecule has 74 valence electrons. The second-order valence-electron chi connectivity index (χ2n) is 0.408. The van der Waals surface area contributed by atoms with E-state index in [1.54, 1.807) is 0 Å². The van der Waals surface area contributed by atoms with Crippen LogP contribution >= 0.6 is 0 Å². The molecule has 0 spiro atoms. The SMILES string of the molecule is O.O.O.O.O.O=S([O-])([O-])=S.[H-].[Na+].[Na+].[Na+]. The maximum atomic E-state index is 8.89. The van der Waals surface area contributed by atoms with Crippen LogP contribution < -0.4 is 88.7 Å². The molecule has 13 heteroatoms. The minimum Gasteiger partial charge on any atom is -1.00 e. The van der Waals surface area contributed by atoms with Crippen LogP contribution in [-0.2, 0) is 20.2 Å². The van der Waals surface area contributed by atoms with E-state index in [0.29, 0.717) is 0 Å². The summed E-state index contributed by atoms with van der Waals surface area (Å²) in [7, 11) is -4.33. The predicted octanol–water partition coefficient (Wildman–Crippen LogP) is -14.0. The van der Waals surface area contributed by atoms with Crippen molar-refractivity contribution in [2.75, 3.05) is 0 Å². The summed E-state index contributed by atoms with van der Waals surface area (Å²) in [6.45, 7) is 0. The van der Waals surface area contributed by atoms with Crippen molar-refractivity contribution in [1.29, 1.82) is 0 Å². The fourth-order valence-electron chi connectivity index (χ4n) is 0. The molecular weight excluding hydrogens is 261 g/mol. The van der Waals surface area contributed by atoms with Crippen LogP contribution in [0, 0.1) is 0 Å². The van der Waals surface area contributed by atoms with E-state index in [1.165, 1.54) is 0 Å². The molecule has 0 saturated carbocycles. The topological polar surface area (TPSA) is 221 Å². The smallest absolute Gasteiger partial charge is 1.00 e. The van der Waals surface area contributed by atoms with E-state index in [4.69, 9.17) is 13.3 Å². The fourth-order valence-corrected chi connectivity index (χ4v) is 0. The van der Waals surface area contributed by atoms with Crippen LogP contribution in [0.25, 0.3) is 0 Å². The molecule has 0 atom stereocenters. The molecule has 0 rings (SSSR count). The molecule has 0 bridgehead atoms. The van der Waals surface area contributed by atoms with E-state index in [-0.39, 0.29) is 117 Å². The molecule has 8 nitrogen and oxygen atoms in total. The van der Waals surface area contributed by atoms with E-state index in [9.17, 15) is 0 Å². The van der Waals surface area contributed by atoms with E-state index in [1.807, 2.05) is 0 Å². The zero-order valence-electron chi connectivity index (χ0n) is 8.54. The monoisotopic (exact) mass is 272 g/mol. The summed E-state index contributed by atoms with van der Waals surface area (Å²) in [6, 6.07) is 0. The van der Waals surface area contributed by atoms with Gasteiger partial charge in [-0.3, -0.25) is 4.21 Å². The van der Waals surface area contributed by atoms with Crippen LogP contribution in [0.2, 0.25) is 0 Å². The van der Waals surface area contributed by atoms with Crippen LogP contribution in [0.5, 0.6) is 0 Å². The van der Waals surface area contributed by atoms with Gasteiger partial charge in [-0.2, -0.15) is 0 Å². The summed E-state index contributed by atoms with van der Waals surface area (Å²) in [6.07, 6.45) is 0. The summed E-state index contributed by atoms with van der Waals surface area (Å²) in [5.41, 5.74) is 0. The Labute approximate surface area is 148 Å². The van der Waals surface area contributed by atoms with Gasteiger partial charge in [0.2, 0.25) is 0 Å². The molecule has 0 saturated heterocycles. The fraction of sp³-hybridized carbons (Fsp3) is 0. The van der Waals surface area contributed by atoms with Crippen LogP contribution in [0.4, 0.5) is 0 Å². The Hall–Kier alpha value is 3.09. The average molecular weight is 272 g/mol. The molecule has 0 fully saturated rings. The van der Waals surface area contributed by atoms with Crippen LogP contribution in [0.3, 0.4) is 0 Å². The van der Waals surface area contributed by atoms with Crippen molar-refractivity contribution in [3.05, 3.63) is 0 Å². The van der Waals surface area contributed by atoms with E-state index < -0.39 is 9.05 Å². The Morgan fingerprint density at radius 2 is 0.846 bits per heavy atom. The molecule has 0 radical (unpaired) electrons. The van der Waals surface area contributed by atoms with Gasteiger partial charge in [0.1, 0.15) is 0 Å². The molecule has 0 unspecified atom stereocenters. The van der Waals surface area contributed by atoms with Gasteiger partial charge in [-0.05, 0) is 11.2 Å². The maximum Gasteiger partial charge on any atom is 1.00 e. The van der Waals surface area contributed by atoms with Gasteiger partial charge in [-0.1, -0.05) is 0 Å². The third-order valence-electron chi connectivity index (χ3n) is 0. The summed E-state index contributed by atoms with van der Waals surface area (Å²) >= 11 is 3.24. The molecular formula is H11Na3O8S2. The van der Waals surface area contributed by atoms with Crippen molar-refractivity contribution in [1.82, 2.24) is 0 Å². The van der Waals surface area contributed by atoms with Crippen LogP contribution in [0.1, 0.15) is 1.43 Å². The van der Waals surface area contributed by atoms with Crippen molar-refractivity contribution < 1.29 is 131 Å². The first-order valence-electron chi connectivity index (χ1n) is 0.667. The Kier molecular flexibility index (Phi) is 203. The molecule has 0 aromatic carbocycles. The second-order valence-corrected chi connectivity index (χ2v) is 2.45. The molecule has 0 aromatic heterocycles. The second kappa shape index (κ2) is 36.3. The van der Waals surface area contributed by atoms with Crippen molar-refractivity contribution in [2.24, 2.45) is 0 Å². The Balaban J connectivity index is -0.00000000222. The number of rotatable bonds is 0. The molecule has 0 aromatic rings. The molecule has 0 aliphatic heterocycles. The molecule has 0 amide bonds. The third-order valence-corrected chi connectivity index (χ3v) is 0. The molecule has 13 heavy (non-hydrogen) atoms. The van der Waals surface area contributed by atoms with E-state index >= 15 is 0 Å². The minimum absolute atomic E-state index is 0. The van der Waals surface area contributed by atoms with Crippen molar-refractivity contribution in [3.8, 4) is 0 Å². The predicted molar refractivity (Wildman–Crippen MR) is 36.2 cm³/mol. The minimum atomic E-state index is -4.33. The largest absolute Gasteiger partial charge is 1.00 e. The molecule has 0 aliphatic rings. The third kappa shape index (κ3) is 271. The summed E-state index contributed by atoms with van der Waals surface area (Å²) in [5, 5.41) is 0. The summed E-state index contributed by atoms with van der Waals surface area (Å²) < 4.78 is 26.7. The van der Waals surface area contributed by atoms with Gasteiger partial charge < -0.3 is 37.9 Å². The zero-order chi connectivity index (χ0) is 4.50. The van der Waals surface area contributed by atoms with E-state index in [0.717, 1.165) is 0 Å². The normalized spacial score (nSPS) is 4.46. The van der Waals surface area contributed by atoms with Gasteiger partial charge in [-0.25, -0.2) is 0 Å². The quantitative estimate of drug-likeness (QED) is 0.391. The molecule has 0 heterocycles. The number of hydrogen-bond acceptors (Lipinski definition) is 4. The maximum absolute atomic E-state index is 8.89. The zero-order valence-corrected chi connectivity index (χ0v) is 15.2. The average Bonchev–Trinajstić information content (AvgIpc) is 0.722. The number of hydrogen-bond donors (Lipinski definition) is 0. The van der Waals surface area contributed by atoms with Gasteiger partial charge in [0, 0.05) is 0 Å². The Morgan fingerprint density at radius 3 is 0.846 bits per heavy atom. The van der Waals surface area contributed by atoms with Crippen molar-refractivity contribution >= 4 is 20.2 Å². The summed E-state index contributed by atoms with van der Waals surface area (Å²) in [5.74, 6) is 0. The van der Waals surface area contributed by atoms with Crippen LogP contribution in [0.15, 0.2) is 0 Å². The molecule has 10 N–H and O–H groups in total. The van der Waals surface area contributed by atoms with Crippen molar-refractivity contribution in [3.63, 3.8) is 0 Å². The Morgan fingerprint density at radius 1 is 0.846 bits per heavy atom. The van der Waals surface area contributed by atoms with Crippen molar-refractivity contribution in [2.45, 2.75) is 0 Å². The first kappa shape index (κ1) is 72.9.